The largest absolute Gasteiger partial charge is 0.465 e. The number of halogens is 2. The molecule has 22 heavy (non-hydrogen) atoms. The SMILES string of the molecule is COC(=O)c1cccc(CN[C@H](C)c2ccc(F)cc2F)c1. The van der Waals surface area contributed by atoms with Crippen molar-refractivity contribution in [2.75, 3.05) is 7.11 Å². The Morgan fingerprint density at radius 3 is 2.68 bits per heavy atom. The monoisotopic (exact) mass is 305 g/mol. The number of nitrogens with one attached hydrogen (secondary N) is 1. The zero-order valence-electron chi connectivity index (χ0n) is 12.4. The van der Waals surface area contributed by atoms with Crippen molar-refractivity contribution in [2.24, 2.45) is 0 Å². The molecule has 5 heteroatoms. The fourth-order valence-corrected chi connectivity index (χ4v) is 2.16. The molecule has 1 N–H and O–H groups in total. The Morgan fingerprint density at radius 2 is 2.00 bits per heavy atom. The molecule has 0 aromatic heterocycles. The molecule has 0 fully saturated rings. The summed E-state index contributed by atoms with van der Waals surface area (Å²) in [6.45, 7) is 2.24. The van der Waals surface area contributed by atoms with Crippen molar-refractivity contribution in [2.45, 2.75) is 19.5 Å². The zero-order chi connectivity index (χ0) is 16.1. The summed E-state index contributed by atoms with van der Waals surface area (Å²) in [5.74, 6) is -1.58. The van der Waals surface area contributed by atoms with Crippen LogP contribution in [0.2, 0.25) is 0 Å². The van der Waals surface area contributed by atoms with E-state index in [9.17, 15) is 13.6 Å². The van der Waals surface area contributed by atoms with Crippen LogP contribution < -0.4 is 5.32 Å². The van der Waals surface area contributed by atoms with Gasteiger partial charge in [0.1, 0.15) is 11.6 Å². The third-order valence-electron chi connectivity index (χ3n) is 3.39. The highest BCUT2D eigenvalue weighted by molar-refractivity contribution is 5.89. The quantitative estimate of drug-likeness (QED) is 0.858. The van der Waals surface area contributed by atoms with Gasteiger partial charge in [-0.2, -0.15) is 0 Å². The summed E-state index contributed by atoms with van der Waals surface area (Å²) in [5, 5.41) is 3.15. The van der Waals surface area contributed by atoms with E-state index in [1.54, 1.807) is 25.1 Å². The number of benzene rings is 2. The van der Waals surface area contributed by atoms with Gasteiger partial charge in [-0.05, 0) is 30.7 Å². The summed E-state index contributed by atoms with van der Waals surface area (Å²) in [6, 6.07) is 10.2. The van der Waals surface area contributed by atoms with Crippen LogP contribution in [-0.4, -0.2) is 13.1 Å². The average molecular weight is 305 g/mol. The van der Waals surface area contributed by atoms with Crippen LogP contribution in [0.25, 0.3) is 0 Å². The Labute approximate surface area is 127 Å². The van der Waals surface area contributed by atoms with E-state index in [1.165, 1.54) is 19.2 Å². The predicted octanol–water partition coefficient (Wildman–Crippen LogP) is 3.60. The highest BCUT2D eigenvalue weighted by Crippen LogP contribution is 2.18. The van der Waals surface area contributed by atoms with E-state index in [0.29, 0.717) is 17.7 Å². The van der Waals surface area contributed by atoms with E-state index < -0.39 is 17.6 Å². The first-order valence-electron chi connectivity index (χ1n) is 6.87. The normalized spacial score (nSPS) is 12.0. The summed E-state index contributed by atoms with van der Waals surface area (Å²) in [5.41, 5.74) is 1.73. The number of hydrogen-bond acceptors (Lipinski definition) is 3. The fourth-order valence-electron chi connectivity index (χ4n) is 2.16. The summed E-state index contributed by atoms with van der Waals surface area (Å²) in [6.07, 6.45) is 0. The van der Waals surface area contributed by atoms with E-state index in [0.717, 1.165) is 11.6 Å². The first-order valence-corrected chi connectivity index (χ1v) is 6.87. The minimum Gasteiger partial charge on any atom is -0.465 e. The minimum atomic E-state index is -0.598. The van der Waals surface area contributed by atoms with Crippen LogP contribution in [0.3, 0.4) is 0 Å². The molecule has 0 radical (unpaired) electrons. The van der Waals surface area contributed by atoms with Gasteiger partial charge in [-0.3, -0.25) is 0 Å². The molecular formula is C17H17F2NO2. The molecule has 3 nitrogen and oxygen atoms in total. The van der Waals surface area contributed by atoms with E-state index >= 15 is 0 Å². The van der Waals surface area contributed by atoms with Crippen molar-refractivity contribution in [1.29, 1.82) is 0 Å². The molecule has 1 atom stereocenters. The van der Waals surface area contributed by atoms with Gasteiger partial charge in [0.05, 0.1) is 12.7 Å². The number of rotatable bonds is 5. The topological polar surface area (TPSA) is 38.3 Å². The molecule has 0 saturated carbocycles. The van der Waals surface area contributed by atoms with Gasteiger partial charge in [0.15, 0.2) is 0 Å². The molecule has 0 amide bonds. The van der Waals surface area contributed by atoms with E-state index in [4.69, 9.17) is 0 Å². The maximum atomic E-state index is 13.7. The van der Waals surface area contributed by atoms with Gasteiger partial charge in [-0.15, -0.1) is 0 Å². The lowest BCUT2D eigenvalue weighted by Crippen LogP contribution is -2.19. The Bertz CT molecular complexity index is 673. The van der Waals surface area contributed by atoms with Gasteiger partial charge in [-0.1, -0.05) is 18.2 Å². The second-order valence-electron chi connectivity index (χ2n) is 4.96. The van der Waals surface area contributed by atoms with Crippen LogP contribution >= 0.6 is 0 Å². The molecule has 0 heterocycles. The van der Waals surface area contributed by atoms with Gasteiger partial charge in [-0.25, -0.2) is 13.6 Å². The standard InChI is InChI=1S/C17H17F2NO2/c1-11(15-7-6-14(18)9-16(15)19)20-10-12-4-3-5-13(8-12)17(21)22-2/h3-9,11,20H,10H2,1-2H3/t11-/m1/s1. The molecule has 116 valence electrons. The third-order valence-corrected chi connectivity index (χ3v) is 3.39. The lowest BCUT2D eigenvalue weighted by atomic mass is 10.1. The summed E-state index contributed by atoms with van der Waals surface area (Å²) in [7, 11) is 1.33. The van der Waals surface area contributed by atoms with Gasteiger partial charge >= 0.3 is 5.97 Å². The number of esters is 1. The van der Waals surface area contributed by atoms with Crippen molar-refractivity contribution in [1.82, 2.24) is 5.32 Å². The molecule has 2 aromatic rings. The van der Waals surface area contributed by atoms with Crippen LogP contribution in [0, 0.1) is 11.6 Å². The second-order valence-corrected chi connectivity index (χ2v) is 4.96. The van der Waals surface area contributed by atoms with Crippen molar-refractivity contribution >= 4 is 5.97 Å². The maximum Gasteiger partial charge on any atom is 0.337 e. The van der Waals surface area contributed by atoms with Gasteiger partial charge in [0, 0.05) is 24.2 Å². The van der Waals surface area contributed by atoms with Crippen molar-refractivity contribution < 1.29 is 18.3 Å². The fraction of sp³-hybridized carbons (Fsp3) is 0.235. The molecule has 0 aliphatic heterocycles. The number of carbonyl (C=O) groups excluding carboxylic acids is 1. The molecule has 2 aromatic carbocycles. The van der Waals surface area contributed by atoms with Crippen LogP contribution in [0.4, 0.5) is 8.78 Å². The number of hydrogen-bond donors (Lipinski definition) is 1. The molecule has 0 aliphatic rings. The number of ether oxygens (including phenoxy) is 1. The maximum absolute atomic E-state index is 13.7. The Hall–Kier alpha value is -2.27. The van der Waals surface area contributed by atoms with Crippen molar-refractivity contribution in [3.63, 3.8) is 0 Å². The molecule has 0 bridgehead atoms. The lowest BCUT2D eigenvalue weighted by Gasteiger charge is -2.15. The molecule has 2 rings (SSSR count). The van der Waals surface area contributed by atoms with Crippen LogP contribution in [0.15, 0.2) is 42.5 Å². The lowest BCUT2D eigenvalue weighted by molar-refractivity contribution is 0.0600. The zero-order valence-corrected chi connectivity index (χ0v) is 12.4. The van der Waals surface area contributed by atoms with Gasteiger partial charge < -0.3 is 10.1 Å². The molecule has 0 unspecified atom stereocenters. The molecule has 0 aliphatic carbocycles. The smallest absolute Gasteiger partial charge is 0.337 e. The Morgan fingerprint density at radius 1 is 1.23 bits per heavy atom. The summed E-state index contributed by atoms with van der Waals surface area (Å²) in [4.78, 5) is 11.5. The summed E-state index contributed by atoms with van der Waals surface area (Å²) >= 11 is 0. The average Bonchev–Trinajstić information content (AvgIpc) is 2.52. The summed E-state index contributed by atoms with van der Waals surface area (Å²) < 4.78 is 31.3. The first-order chi connectivity index (χ1) is 10.5. The molecule has 0 spiro atoms. The molecule has 0 saturated heterocycles. The highest BCUT2D eigenvalue weighted by Gasteiger charge is 2.12. The van der Waals surface area contributed by atoms with Gasteiger partial charge in [0.2, 0.25) is 0 Å². The van der Waals surface area contributed by atoms with Crippen molar-refractivity contribution in [3.8, 4) is 0 Å². The van der Waals surface area contributed by atoms with Crippen LogP contribution in [0.5, 0.6) is 0 Å². The highest BCUT2D eigenvalue weighted by atomic mass is 19.1. The Balaban J connectivity index is 2.04. The van der Waals surface area contributed by atoms with Crippen LogP contribution in [-0.2, 0) is 11.3 Å². The van der Waals surface area contributed by atoms with Gasteiger partial charge in [0.25, 0.3) is 0 Å². The Kier molecular flexibility index (Phi) is 5.22. The third kappa shape index (κ3) is 3.89. The number of carbonyl (C=O) groups is 1. The first kappa shape index (κ1) is 16.1. The van der Waals surface area contributed by atoms with E-state index in [-0.39, 0.29) is 6.04 Å². The number of methoxy groups -OCH3 is 1. The second kappa shape index (κ2) is 7.13. The minimum absolute atomic E-state index is 0.289. The molecular weight excluding hydrogens is 288 g/mol. The van der Waals surface area contributed by atoms with Crippen LogP contribution in [0.1, 0.15) is 34.5 Å². The van der Waals surface area contributed by atoms with E-state index in [2.05, 4.69) is 10.1 Å². The predicted molar refractivity (Wildman–Crippen MR) is 79.4 cm³/mol. The van der Waals surface area contributed by atoms with Crippen molar-refractivity contribution in [3.05, 3.63) is 70.8 Å². The van der Waals surface area contributed by atoms with E-state index in [1.807, 2.05) is 6.07 Å².